The van der Waals surface area contributed by atoms with Crippen LogP contribution in [-0.2, 0) is 9.84 Å². The van der Waals surface area contributed by atoms with Crippen molar-refractivity contribution in [2.75, 3.05) is 5.75 Å². The third-order valence-corrected chi connectivity index (χ3v) is 6.82. The minimum atomic E-state index is -3.53. The van der Waals surface area contributed by atoms with Crippen molar-refractivity contribution in [1.82, 2.24) is 0 Å². The van der Waals surface area contributed by atoms with E-state index < -0.39 is 15.7 Å². The minimum absolute atomic E-state index is 0.0169. The molecule has 1 N–H and O–H groups in total. The smallest absolute Gasteiger partial charge is 0.178 e. The van der Waals surface area contributed by atoms with Crippen molar-refractivity contribution in [1.29, 1.82) is 0 Å². The van der Waals surface area contributed by atoms with E-state index in [2.05, 4.69) is 0 Å². The standard InChI is InChI=1S/C20H23FO3S/c1-14-2-6-16(7-3-14)19-11-10-18(12-20(19)21)25(23,24)13-15-4-8-17(22)9-5-15/h2-3,6-7,10-12,15,17,22H,4-5,8-9,13H2,1H3. The van der Waals surface area contributed by atoms with Crippen LogP contribution in [0.4, 0.5) is 4.39 Å². The Hall–Kier alpha value is -1.72. The molecule has 0 unspecified atom stereocenters. The van der Waals surface area contributed by atoms with Gasteiger partial charge in [0.25, 0.3) is 0 Å². The predicted octanol–water partition coefficient (Wildman–Crippen LogP) is 4.13. The van der Waals surface area contributed by atoms with E-state index in [0.29, 0.717) is 31.2 Å². The maximum atomic E-state index is 14.5. The molecule has 1 aliphatic rings. The van der Waals surface area contributed by atoms with Crippen LogP contribution in [0.25, 0.3) is 11.1 Å². The molecule has 1 saturated carbocycles. The fourth-order valence-corrected chi connectivity index (χ4v) is 5.08. The van der Waals surface area contributed by atoms with Crippen LogP contribution in [-0.4, -0.2) is 25.4 Å². The Labute approximate surface area is 148 Å². The number of sulfone groups is 1. The molecule has 0 radical (unpaired) electrons. The second-order valence-electron chi connectivity index (χ2n) is 6.96. The molecule has 3 rings (SSSR count). The van der Waals surface area contributed by atoms with Gasteiger partial charge in [-0.15, -0.1) is 0 Å². The van der Waals surface area contributed by atoms with Gasteiger partial charge in [0.05, 0.1) is 16.8 Å². The molecule has 2 aromatic carbocycles. The van der Waals surface area contributed by atoms with Crippen LogP contribution < -0.4 is 0 Å². The van der Waals surface area contributed by atoms with Gasteiger partial charge in [-0.05, 0) is 56.2 Å². The molecule has 0 amide bonds. The van der Waals surface area contributed by atoms with E-state index in [1.165, 1.54) is 12.1 Å². The van der Waals surface area contributed by atoms with E-state index in [9.17, 15) is 17.9 Å². The number of halogens is 1. The summed E-state index contributed by atoms with van der Waals surface area (Å²) in [6.45, 7) is 1.96. The van der Waals surface area contributed by atoms with E-state index in [-0.39, 0.29) is 22.7 Å². The molecule has 0 saturated heterocycles. The fourth-order valence-electron chi connectivity index (χ4n) is 3.37. The third kappa shape index (κ3) is 4.28. The van der Waals surface area contributed by atoms with E-state index in [1.807, 2.05) is 31.2 Å². The summed E-state index contributed by atoms with van der Waals surface area (Å²) in [7, 11) is -3.53. The zero-order valence-electron chi connectivity index (χ0n) is 14.3. The molecule has 134 valence electrons. The highest BCUT2D eigenvalue weighted by molar-refractivity contribution is 7.91. The topological polar surface area (TPSA) is 54.4 Å². The van der Waals surface area contributed by atoms with Gasteiger partial charge in [0.1, 0.15) is 5.82 Å². The summed E-state index contributed by atoms with van der Waals surface area (Å²) in [5, 5.41) is 9.54. The van der Waals surface area contributed by atoms with Crippen LogP contribution in [0.5, 0.6) is 0 Å². The average molecular weight is 362 g/mol. The van der Waals surface area contributed by atoms with Crippen LogP contribution in [0.15, 0.2) is 47.4 Å². The fraction of sp³-hybridized carbons (Fsp3) is 0.400. The zero-order chi connectivity index (χ0) is 18.0. The molecular formula is C20H23FO3S. The van der Waals surface area contributed by atoms with Crippen molar-refractivity contribution in [3.8, 4) is 11.1 Å². The normalized spacial score (nSPS) is 21.2. The molecule has 3 nitrogen and oxygen atoms in total. The van der Waals surface area contributed by atoms with Crippen molar-refractivity contribution in [3.63, 3.8) is 0 Å². The quantitative estimate of drug-likeness (QED) is 0.890. The summed E-state index contributed by atoms with van der Waals surface area (Å²) >= 11 is 0. The molecule has 5 heteroatoms. The predicted molar refractivity (Wildman–Crippen MR) is 96.6 cm³/mol. The number of benzene rings is 2. The summed E-state index contributed by atoms with van der Waals surface area (Å²) < 4.78 is 39.7. The Balaban J connectivity index is 1.80. The summed E-state index contributed by atoms with van der Waals surface area (Å²) in [5.41, 5.74) is 2.22. The van der Waals surface area contributed by atoms with Crippen LogP contribution >= 0.6 is 0 Å². The summed E-state index contributed by atoms with van der Waals surface area (Å²) in [6.07, 6.45) is 2.36. The molecule has 0 aromatic heterocycles. The number of aliphatic hydroxyl groups is 1. The largest absolute Gasteiger partial charge is 0.393 e. The summed E-state index contributed by atoms with van der Waals surface area (Å²) in [4.78, 5) is 0.0342. The highest BCUT2D eigenvalue weighted by Crippen LogP contribution is 2.30. The number of aryl methyl sites for hydroxylation is 1. The van der Waals surface area contributed by atoms with Crippen molar-refractivity contribution < 1.29 is 17.9 Å². The second-order valence-corrected chi connectivity index (χ2v) is 9.00. The highest BCUT2D eigenvalue weighted by Gasteiger charge is 2.26. The van der Waals surface area contributed by atoms with Crippen molar-refractivity contribution in [3.05, 3.63) is 53.8 Å². The number of hydrogen-bond acceptors (Lipinski definition) is 3. The molecule has 0 spiro atoms. The SMILES string of the molecule is Cc1ccc(-c2ccc(S(=O)(=O)CC3CCC(O)CC3)cc2F)cc1. The van der Waals surface area contributed by atoms with Gasteiger partial charge in [0.2, 0.25) is 0 Å². The van der Waals surface area contributed by atoms with E-state index >= 15 is 0 Å². The highest BCUT2D eigenvalue weighted by atomic mass is 32.2. The van der Waals surface area contributed by atoms with Gasteiger partial charge in [-0.2, -0.15) is 0 Å². The molecule has 0 aliphatic heterocycles. The molecule has 0 heterocycles. The van der Waals surface area contributed by atoms with Crippen LogP contribution in [0.1, 0.15) is 31.2 Å². The van der Waals surface area contributed by atoms with Gasteiger partial charge in [0, 0.05) is 5.56 Å². The molecule has 1 fully saturated rings. The van der Waals surface area contributed by atoms with Crippen molar-refractivity contribution in [2.45, 2.75) is 43.6 Å². The maximum absolute atomic E-state index is 14.5. The Morgan fingerprint density at radius 1 is 1.04 bits per heavy atom. The Bertz CT molecular complexity index is 836. The van der Waals surface area contributed by atoms with Gasteiger partial charge in [-0.3, -0.25) is 0 Å². The van der Waals surface area contributed by atoms with Gasteiger partial charge in [0.15, 0.2) is 9.84 Å². The van der Waals surface area contributed by atoms with Crippen LogP contribution in [0.3, 0.4) is 0 Å². The number of rotatable bonds is 4. The van der Waals surface area contributed by atoms with Gasteiger partial charge in [-0.25, -0.2) is 12.8 Å². The second kappa shape index (κ2) is 7.26. The Morgan fingerprint density at radius 2 is 1.68 bits per heavy atom. The summed E-state index contributed by atoms with van der Waals surface area (Å²) in [6, 6.07) is 11.6. The van der Waals surface area contributed by atoms with Crippen LogP contribution in [0.2, 0.25) is 0 Å². The molecule has 0 bridgehead atoms. The van der Waals surface area contributed by atoms with Gasteiger partial charge < -0.3 is 5.11 Å². The average Bonchev–Trinajstić information content (AvgIpc) is 2.58. The lowest BCUT2D eigenvalue weighted by molar-refractivity contribution is 0.113. The first kappa shape index (κ1) is 18.1. The van der Waals surface area contributed by atoms with Crippen molar-refractivity contribution >= 4 is 9.84 Å². The van der Waals surface area contributed by atoms with E-state index in [1.54, 1.807) is 0 Å². The van der Waals surface area contributed by atoms with E-state index in [0.717, 1.165) is 17.2 Å². The Kier molecular flexibility index (Phi) is 5.25. The number of aliphatic hydroxyl groups excluding tert-OH is 1. The molecule has 1 aliphatic carbocycles. The first-order valence-corrected chi connectivity index (χ1v) is 10.3. The summed E-state index contributed by atoms with van der Waals surface area (Å²) in [5.74, 6) is -0.472. The van der Waals surface area contributed by atoms with Crippen LogP contribution in [0, 0.1) is 18.7 Å². The lowest BCUT2D eigenvalue weighted by Crippen LogP contribution is -2.24. The third-order valence-electron chi connectivity index (χ3n) is 4.93. The molecule has 0 atom stereocenters. The van der Waals surface area contributed by atoms with E-state index in [4.69, 9.17) is 0 Å². The zero-order valence-corrected chi connectivity index (χ0v) is 15.1. The lowest BCUT2D eigenvalue weighted by Gasteiger charge is -2.25. The van der Waals surface area contributed by atoms with Gasteiger partial charge in [-0.1, -0.05) is 35.9 Å². The lowest BCUT2D eigenvalue weighted by atomic mass is 9.89. The monoisotopic (exact) mass is 362 g/mol. The van der Waals surface area contributed by atoms with Gasteiger partial charge >= 0.3 is 0 Å². The first-order chi connectivity index (χ1) is 11.8. The Morgan fingerprint density at radius 3 is 2.28 bits per heavy atom. The van der Waals surface area contributed by atoms with Crippen molar-refractivity contribution in [2.24, 2.45) is 5.92 Å². The molecule has 25 heavy (non-hydrogen) atoms. The maximum Gasteiger partial charge on any atom is 0.178 e. The first-order valence-electron chi connectivity index (χ1n) is 8.62. The minimum Gasteiger partial charge on any atom is -0.393 e. The number of hydrogen-bond donors (Lipinski definition) is 1. The molecular weight excluding hydrogens is 339 g/mol. The molecule has 2 aromatic rings.